The molecule has 5 nitrogen and oxygen atoms in total. The molecule has 0 amide bonds. The highest BCUT2D eigenvalue weighted by Crippen LogP contribution is 2.00. The van der Waals surface area contributed by atoms with Crippen molar-refractivity contribution in [1.29, 1.82) is 0 Å². The molecule has 0 aromatic heterocycles. The Hall–Kier alpha value is -1.30. The first kappa shape index (κ1) is 23.7. The lowest BCUT2D eigenvalue weighted by atomic mass is 10.1. The van der Waals surface area contributed by atoms with Gasteiger partial charge in [-0.1, -0.05) is 39.8 Å². The highest BCUT2D eigenvalue weighted by Gasteiger charge is 2.12. The van der Waals surface area contributed by atoms with Crippen LogP contribution in [-0.4, -0.2) is 74.9 Å². The molecular weight excluding hydrogens is 316 g/mol. The van der Waals surface area contributed by atoms with Crippen molar-refractivity contribution in [1.82, 2.24) is 9.80 Å². The van der Waals surface area contributed by atoms with Gasteiger partial charge in [-0.3, -0.25) is 14.5 Å². The van der Waals surface area contributed by atoms with E-state index in [9.17, 15) is 9.59 Å². The molecule has 1 rings (SSSR count). The summed E-state index contributed by atoms with van der Waals surface area (Å²) in [6.45, 7) is 13.5. The van der Waals surface area contributed by atoms with Gasteiger partial charge in [0.25, 0.3) is 0 Å². The Kier molecular flexibility index (Phi) is 13.2. The average molecular weight is 353 g/mol. The number of allylic oxidation sites excluding steroid dienone is 2. The molecule has 0 unspecified atom stereocenters. The van der Waals surface area contributed by atoms with E-state index in [-0.39, 0.29) is 23.4 Å². The van der Waals surface area contributed by atoms with Crippen molar-refractivity contribution < 1.29 is 14.3 Å². The maximum absolute atomic E-state index is 11.3. The summed E-state index contributed by atoms with van der Waals surface area (Å²) in [4.78, 5) is 26.9. The largest absolute Gasteiger partial charge is 0.381 e. The molecule has 1 aliphatic rings. The van der Waals surface area contributed by atoms with Gasteiger partial charge in [-0.25, -0.2) is 0 Å². The van der Waals surface area contributed by atoms with Crippen molar-refractivity contribution in [3.05, 3.63) is 24.3 Å². The second kappa shape index (κ2) is 13.9. The molecule has 0 aromatic carbocycles. The second-order valence-electron chi connectivity index (χ2n) is 6.98. The predicted molar refractivity (Wildman–Crippen MR) is 104 cm³/mol. The van der Waals surface area contributed by atoms with Crippen LogP contribution in [-0.2, 0) is 14.3 Å². The third kappa shape index (κ3) is 12.7. The minimum atomic E-state index is 0.0908. The molecule has 25 heavy (non-hydrogen) atoms. The van der Waals surface area contributed by atoms with Crippen LogP contribution in [0.25, 0.3) is 0 Å². The van der Waals surface area contributed by atoms with Gasteiger partial charge in [-0.05, 0) is 19.2 Å². The quantitative estimate of drug-likeness (QED) is 0.628. The van der Waals surface area contributed by atoms with Crippen LogP contribution >= 0.6 is 0 Å². The summed E-state index contributed by atoms with van der Waals surface area (Å²) < 4.78 is 4.73. The second-order valence-corrected chi connectivity index (χ2v) is 6.98. The Morgan fingerprint density at radius 3 is 1.84 bits per heavy atom. The van der Waals surface area contributed by atoms with E-state index in [1.807, 2.05) is 33.8 Å². The fraction of sp³-hybridized carbons (Fsp3) is 0.700. The van der Waals surface area contributed by atoms with Crippen LogP contribution in [0, 0.1) is 11.8 Å². The summed E-state index contributed by atoms with van der Waals surface area (Å²) in [5.41, 5.74) is 0. The number of carbonyl (C=O) groups excluding carboxylic acids is 2. The topological polar surface area (TPSA) is 49.9 Å². The summed E-state index contributed by atoms with van der Waals surface area (Å²) in [6.07, 6.45) is 7.01. The zero-order valence-electron chi connectivity index (χ0n) is 16.8. The number of hydrogen-bond acceptors (Lipinski definition) is 5. The van der Waals surface area contributed by atoms with Crippen molar-refractivity contribution in [3.8, 4) is 0 Å². The number of methoxy groups -OCH3 is 1. The molecule has 0 bridgehead atoms. The minimum Gasteiger partial charge on any atom is -0.381 e. The van der Waals surface area contributed by atoms with Gasteiger partial charge in [0.15, 0.2) is 11.6 Å². The van der Waals surface area contributed by atoms with Crippen LogP contribution in [0.15, 0.2) is 24.3 Å². The first-order valence-electron chi connectivity index (χ1n) is 9.08. The molecule has 0 atom stereocenters. The Morgan fingerprint density at radius 2 is 1.40 bits per heavy atom. The lowest BCUT2D eigenvalue weighted by Gasteiger charge is -2.31. The number of carbonyl (C=O) groups is 2. The predicted octanol–water partition coefficient (Wildman–Crippen LogP) is 2.43. The molecule has 1 fully saturated rings. The molecule has 0 spiro atoms. The lowest BCUT2D eigenvalue weighted by Crippen LogP contribution is -2.44. The van der Waals surface area contributed by atoms with Crippen LogP contribution in [0.2, 0.25) is 0 Å². The molecule has 0 aliphatic carbocycles. The van der Waals surface area contributed by atoms with Gasteiger partial charge in [0.1, 0.15) is 0 Å². The van der Waals surface area contributed by atoms with Crippen molar-refractivity contribution in [2.45, 2.75) is 27.7 Å². The van der Waals surface area contributed by atoms with Crippen molar-refractivity contribution in [2.75, 3.05) is 53.5 Å². The van der Waals surface area contributed by atoms with Crippen LogP contribution < -0.4 is 0 Å². The molecule has 1 heterocycles. The Labute approximate surface area is 153 Å². The zero-order chi connectivity index (χ0) is 19.2. The van der Waals surface area contributed by atoms with E-state index in [2.05, 4.69) is 16.8 Å². The smallest absolute Gasteiger partial charge is 0.157 e. The minimum absolute atomic E-state index is 0.0908. The number of likely N-dealkylation sites (N-methyl/N-ethyl adjacent to an activating group) is 1. The first-order valence-corrected chi connectivity index (χ1v) is 9.08. The Bertz CT molecular complexity index is 434. The standard InChI is InChI=1S/C12H22N2O.C8H14O2/c1-11(2)12(15)5-4-6-14-9-7-13(3)8-10-14;1-7(2)8(9)5-4-6-10-3/h4-5,11H,6-10H2,1-3H3;4-5,7H,6H2,1-3H3/b2*5-4+. The van der Waals surface area contributed by atoms with E-state index < -0.39 is 0 Å². The Morgan fingerprint density at radius 1 is 0.920 bits per heavy atom. The highest BCUT2D eigenvalue weighted by atomic mass is 16.5. The van der Waals surface area contributed by atoms with Crippen LogP contribution in [0.4, 0.5) is 0 Å². The van der Waals surface area contributed by atoms with Crippen molar-refractivity contribution >= 4 is 11.6 Å². The summed E-state index contributed by atoms with van der Waals surface area (Å²) in [7, 11) is 3.75. The summed E-state index contributed by atoms with van der Waals surface area (Å²) >= 11 is 0. The highest BCUT2D eigenvalue weighted by molar-refractivity contribution is 5.91. The monoisotopic (exact) mass is 352 g/mol. The third-order valence-electron chi connectivity index (χ3n) is 3.92. The van der Waals surface area contributed by atoms with Gasteiger partial charge in [-0.2, -0.15) is 0 Å². The number of hydrogen-bond donors (Lipinski definition) is 0. The van der Waals surface area contributed by atoms with Crippen LogP contribution in [0.3, 0.4) is 0 Å². The molecule has 0 radical (unpaired) electrons. The summed E-state index contributed by atoms with van der Waals surface area (Å²) in [5, 5.41) is 0. The molecule has 1 aliphatic heterocycles. The third-order valence-corrected chi connectivity index (χ3v) is 3.92. The van der Waals surface area contributed by atoms with E-state index in [4.69, 9.17) is 4.74 Å². The maximum Gasteiger partial charge on any atom is 0.157 e. The number of piperazine rings is 1. The van der Waals surface area contributed by atoms with E-state index in [0.29, 0.717) is 6.61 Å². The number of ketones is 2. The summed E-state index contributed by atoms with van der Waals surface area (Å²) in [5.74, 6) is 0.586. The fourth-order valence-corrected chi connectivity index (χ4v) is 1.99. The Balaban J connectivity index is 0.000000504. The van der Waals surface area contributed by atoms with Gasteiger partial charge in [-0.15, -0.1) is 0 Å². The molecule has 0 aromatic rings. The maximum atomic E-state index is 11.3. The average Bonchev–Trinajstić information content (AvgIpc) is 2.57. The zero-order valence-corrected chi connectivity index (χ0v) is 16.8. The van der Waals surface area contributed by atoms with Gasteiger partial charge < -0.3 is 9.64 Å². The molecule has 1 saturated heterocycles. The van der Waals surface area contributed by atoms with Gasteiger partial charge in [0.05, 0.1) is 6.61 Å². The van der Waals surface area contributed by atoms with Crippen LogP contribution in [0.1, 0.15) is 27.7 Å². The normalized spacial score (nSPS) is 16.6. The SMILES string of the molecule is CC(C)C(=O)/C=C/CN1CCN(C)CC1.COC/C=C/C(=O)C(C)C. The number of nitrogens with zero attached hydrogens (tertiary/aromatic N) is 2. The van der Waals surface area contributed by atoms with Gasteiger partial charge in [0.2, 0.25) is 0 Å². The van der Waals surface area contributed by atoms with E-state index in [1.165, 1.54) is 0 Å². The van der Waals surface area contributed by atoms with Crippen molar-refractivity contribution in [2.24, 2.45) is 11.8 Å². The number of ether oxygens (including phenoxy) is 1. The lowest BCUT2D eigenvalue weighted by molar-refractivity contribution is -0.118. The molecular formula is C20H36N2O3. The van der Waals surface area contributed by atoms with E-state index in [1.54, 1.807) is 25.3 Å². The molecule has 144 valence electrons. The first-order chi connectivity index (χ1) is 11.8. The molecule has 0 N–H and O–H groups in total. The number of rotatable bonds is 8. The van der Waals surface area contributed by atoms with E-state index >= 15 is 0 Å². The van der Waals surface area contributed by atoms with Crippen molar-refractivity contribution in [3.63, 3.8) is 0 Å². The van der Waals surface area contributed by atoms with Crippen LogP contribution in [0.5, 0.6) is 0 Å². The fourth-order valence-electron chi connectivity index (χ4n) is 1.99. The summed E-state index contributed by atoms with van der Waals surface area (Å²) in [6, 6.07) is 0. The van der Waals surface area contributed by atoms with E-state index in [0.717, 1.165) is 32.7 Å². The van der Waals surface area contributed by atoms with Gasteiger partial charge >= 0.3 is 0 Å². The van der Waals surface area contributed by atoms with Gasteiger partial charge in [0, 0.05) is 51.7 Å². The molecule has 0 saturated carbocycles. The molecule has 5 heteroatoms.